The fourth-order valence-electron chi connectivity index (χ4n) is 2.97. The minimum atomic E-state index is -0.575. The fraction of sp³-hybridized carbons (Fsp3) is 0.105. The highest BCUT2D eigenvalue weighted by Crippen LogP contribution is 2.39. The molecule has 5 heteroatoms. The highest BCUT2D eigenvalue weighted by molar-refractivity contribution is 6.53. The van der Waals surface area contributed by atoms with Crippen molar-refractivity contribution in [3.05, 3.63) is 65.7 Å². The van der Waals surface area contributed by atoms with Gasteiger partial charge in [-0.2, -0.15) is 0 Å². The van der Waals surface area contributed by atoms with Crippen molar-refractivity contribution in [3.8, 4) is 22.8 Å². The Morgan fingerprint density at radius 1 is 0.917 bits per heavy atom. The molecule has 1 heterocycles. The van der Waals surface area contributed by atoms with E-state index in [0.717, 1.165) is 5.69 Å². The topological polar surface area (TPSA) is 61.2 Å². The predicted molar refractivity (Wildman–Crippen MR) is 88.8 cm³/mol. The molecule has 0 atom stereocenters. The van der Waals surface area contributed by atoms with E-state index in [-0.39, 0.29) is 11.4 Å². The third kappa shape index (κ3) is 1.98. The maximum absolute atomic E-state index is 12.6. The van der Waals surface area contributed by atoms with Gasteiger partial charge in [0.25, 0.3) is 0 Å². The Kier molecular flexibility index (Phi) is 3.27. The van der Waals surface area contributed by atoms with E-state index < -0.39 is 11.6 Å². The molecule has 0 unspecified atom stereocenters. The number of rotatable bonds is 3. The standard InChI is InChI=1S/C19H14N2O3/c1-2-24-19-15-16(21(20-19)12-8-4-3-5-9-12)13-10-6-7-11-14(13)17(22)18(15)23/h3-11H,2H2,1H3. The zero-order valence-electron chi connectivity index (χ0n) is 13.0. The van der Waals surface area contributed by atoms with E-state index >= 15 is 0 Å². The van der Waals surface area contributed by atoms with E-state index in [1.54, 1.807) is 16.8 Å². The summed E-state index contributed by atoms with van der Waals surface area (Å²) < 4.78 is 7.21. The molecule has 2 aromatic carbocycles. The van der Waals surface area contributed by atoms with Crippen molar-refractivity contribution >= 4 is 11.6 Å². The second-order valence-electron chi connectivity index (χ2n) is 5.41. The van der Waals surface area contributed by atoms with Crippen molar-refractivity contribution in [3.63, 3.8) is 0 Å². The molecule has 5 nitrogen and oxygen atoms in total. The van der Waals surface area contributed by atoms with E-state index in [9.17, 15) is 9.59 Å². The summed E-state index contributed by atoms with van der Waals surface area (Å²) in [6.45, 7) is 2.18. The normalized spacial score (nSPS) is 12.7. The number of carbonyl (C=O) groups is 2. The van der Waals surface area contributed by atoms with Crippen LogP contribution in [0.15, 0.2) is 54.6 Å². The van der Waals surface area contributed by atoms with Crippen molar-refractivity contribution in [1.29, 1.82) is 0 Å². The molecule has 1 aliphatic rings. The van der Waals surface area contributed by atoms with Gasteiger partial charge >= 0.3 is 0 Å². The number of benzene rings is 2. The predicted octanol–water partition coefficient (Wildman–Crippen LogP) is 3.32. The lowest BCUT2D eigenvalue weighted by Gasteiger charge is -2.16. The second kappa shape index (κ2) is 5.45. The number of hydrogen-bond acceptors (Lipinski definition) is 4. The van der Waals surface area contributed by atoms with Crippen LogP contribution in [0.2, 0.25) is 0 Å². The van der Waals surface area contributed by atoms with Gasteiger partial charge in [-0.1, -0.05) is 42.5 Å². The number of nitrogens with zero attached hydrogens (tertiary/aromatic N) is 2. The Labute approximate surface area is 138 Å². The number of hydrogen-bond donors (Lipinski definition) is 0. The van der Waals surface area contributed by atoms with E-state index in [0.29, 0.717) is 23.4 Å². The van der Waals surface area contributed by atoms with E-state index in [1.807, 2.05) is 49.4 Å². The SMILES string of the molecule is CCOc1nn(-c2ccccc2)c2c1C(=O)C(=O)c1ccccc1-2. The maximum Gasteiger partial charge on any atom is 0.245 e. The number of para-hydroxylation sites is 1. The van der Waals surface area contributed by atoms with E-state index in [4.69, 9.17) is 4.74 Å². The molecule has 0 saturated heterocycles. The molecular weight excluding hydrogens is 304 g/mol. The Morgan fingerprint density at radius 2 is 1.58 bits per heavy atom. The van der Waals surface area contributed by atoms with Crippen LogP contribution in [0.1, 0.15) is 27.6 Å². The van der Waals surface area contributed by atoms with Crippen molar-refractivity contribution in [2.45, 2.75) is 6.92 Å². The van der Waals surface area contributed by atoms with Crippen LogP contribution in [0.25, 0.3) is 16.9 Å². The summed E-state index contributed by atoms with van der Waals surface area (Å²) in [6, 6.07) is 16.6. The average Bonchev–Trinajstić information content (AvgIpc) is 3.00. The van der Waals surface area contributed by atoms with Crippen molar-refractivity contribution < 1.29 is 14.3 Å². The third-order valence-electron chi connectivity index (χ3n) is 4.00. The Morgan fingerprint density at radius 3 is 2.29 bits per heavy atom. The molecule has 4 rings (SSSR count). The van der Waals surface area contributed by atoms with Gasteiger partial charge in [-0.15, -0.1) is 5.10 Å². The largest absolute Gasteiger partial charge is 0.476 e. The van der Waals surface area contributed by atoms with Gasteiger partial charge in [0.15, 0.2) is 0 Å². The molecule has 24 heavy (non-hydrogen) atoms. The molecule has 0 amide bonds. The number of fused-ring (bicyclic) bond motifs is 3. The second-order valence-corrected chi connectivity index (χ2v) is 5.41. The van der Waals surface area contributed by atoms with Gasteiger partial charge in [0, 0.05) is 11.1 Å². The zero-order chi connectivity index (χ0) is 16.7. The maximum atomic E-state index is 12.6. The summed E-state index contributed by atoms with van der Waals surface area (Å²) in [5, 5.41) is 4.46. The third-order valence-corrected chi connectivity index (χ3v) is 4.00. The molecule has 1 aliphatic carbocycles. The van der Waals surface area contributed by atoms with Crippen LogP contribution < -0.4 is 4.74 Å². The highest BCUT2D eigenvalue weighted by Gasteiger charge is 2.37. The summed E-state index contributed by atoms with van der Waals surface area (Å²) in [7, 11) is 0. The quantitative estimate of drug-likeness (QED) is 0.695. The zero-order valence-corrected chi connectivity index (χ0v) is 13.0. The first kappa shape index (κ1) is 14.4. The summed E-state index contributed by atoms with van der Waals surface area (Å²) in [6.07, 6.45) is 0. The summed E-state index contributed by atoms with van der Waals surface area (Å²) in [5.41, 5.74) is 2.74. The van der Waals surface area contributed by atoms with Crippen LogP contribution in [0.5, 0.6) is 5.88 Å². The van der Waals surface area contributed by atoms with Crippen molar-refractivity contribution in [1.82, 2.24) is 9.78 Å². The number of carbonyl (C=O) groups excluding carboxylic acids is 2. The van der Waals surface area contributed by atoms with Crippen LogP contribution in [0.4, 0.5) is 0 Å². The Hall–Kier alpha value is -3.21. The van der Waals surface area contributed by atoms with Crippen molar-refractivity contribution in [2.75, 3.05) is 6.61 Å². The summed E-state index contributed by atoms with van der Waals surface area (Å²) in [5.74, 6) is -0.898. The van der Waals surface area contributed by atoms with Crippen LogP contribution in [-0.4, -0.2) is 28.0 Å². The van der Waals surface area contributed by atoms with Gasteiger partial charge < -0.3 is 4.74 Å². The van der Waals surface area contributed by atoms with Crippen LogP contribution in [0.3, 0.4) is 0 Å². The molecule has 0 N–H and O–H groups in total. The lowest BCUT2D eigenvalue weighted by molar-refractivity contribution is 0.0813. The highest BCUT2D eigenvalue weighted by atomic mass is 16.5. The molecular formula is C19H14N2O3. The lowest BCUT2D eigenvalue weighted by atomic mass is 9.88. The van der Waals surface area contributed by atoms with E-state index in [1.165, 1.54) is 0 Å². The van der Waals surface area contributed by atoms with Crippen LogP contribution >= 0.6 is 0 Å². The van der Waals surface area contributed by atoms with Gasteiger partial charge in [-0.3, -0.25) is 9.59 Å². The fourth-order valence-corrected chi connectivity index (χ4v) is 2.97. The lowest BCUT2D eigenvalue weighted by Crippen LogP contribution is -2.22. The molecule has 118 valence electrons. The van der Waals surface area contributed by atoms with Gasteiger partial charge in [0.1, 0.15) is 5.56 Å². The molecule has 1 aromatic heterocycles. The molecule has 0 bridgehead atoms. The van der Waals surface area contributed by atoms with Gasteiger partial charge in [-0.25, -0.2) is 4.68 Å². The summed E-state index contributed by atoms with van der Waals surface area (Å²) in [4.78, 5) is 25.1. The first-order valence-electron chi connectivity index (χ1n) is 7.72. The first-order chi connectivity index (χ1) is 11.7. The molecule has 0 saturated carbocycles. The molecule has 0 aliphatic heterocycles. The van der Waals surface area contributed by atoms with E-state index in [2.05, 4.69) is 5.10 Å². The Bertz CT molecular complexity index is 958. The van der Waals surface area contributed by atoms with Gasteiger partial charge in [-0.05, 0) is 19.1 Å². The van der Waals surface area contributed by atoms with Crippen LogP contribution in [-0.2, 0) is 0 Å². The number of ketones is 2. The smallest absolute Gasteiger partial charge is 0.245 e. The molecule has 3 aromatic rings. The average molecular weight is 318 g/mol. The molecule has 0 spiro atoms. The minimum Gasteiger partial charge on any atom is -0.476 e. The number of Topliss-reactive ketones (excluding diaryl/α,β-unsaturated/α-hetero) is 2. The number of aromatic nitrogens is 2. The first-order valence-corrected chi connectivity index (χ1v) is 7.72. The van der Waals surface area contributed by atoms with Gasteiger partial charge in [0.05, 0.1) is 18.0 Å². The van der Waals surface area contributed by atoms with Crippen LogP contribution in [0, 0.1) is 0 Å². The molecule has 0 fully saturated rings. The minimum absolute atomic E-state index is 0.198. The van der Waals surface area contributed by atoms with Gasteiger partial charge in [0.2, 0.25) is 17.4 Å². The number of ether oxygens (including phenoxy) is 1. The molecule has 0 radical (unpaired) electrons. The monoisotopic (exact) mass is 318 g/mol. The Balaban J connectivity index is 2.07. The summed E-state index contributed by atoms with van der Waals surface area (Å²) >= 11 is 0. The van der Waals surface area contributed by atoms with Crippen molar-refractivity contribution in [2.24, 2.45) is 0 Å².